The summed E-state index contributed by atoms with van der Waals surface area (Å²) in [5, 5.41) is 0. The summed E-state index contributed by atoms with van der Waals surface area (Å²) in [6.07, 6.45) is 1.10. The Kier molecular flexibility index (Phi) is 5.68. The van der Waals surface area contributed by atoms with Crippen LogP contribution in [-0.2, 0) is 11.8 Å². The molecule has 0 N–H and O–H groups in total. The van der Waals surface area contributed by atoms with Gasteiger partial charge in [0.05, 0.1) is 0 Å². The van der Waals surface area contributed by atoms with Gasteiger partial charge in [-0.1, -0.05) is 39.0 Å². The van der Waals surface area contributed by atoms with Gasteiger partial charge in [-0.3, -0.25) is 0 Å². The van der Waals surface area contributed by atoms with Gasteiger partial charge in [0, 0.05) is 19.0 Å². The summed E-state index contributed by atoms with van der Waals surface area (Å²) in [5.74, 6) is 0.707. The highest BCUT2D eigenvalue weighted by molar-refractivity contribution is 6.18. The van der Waals surface area contributed by atoms with Gasteiger partial charge in [-0.2, -0.15) is 0 Å². The van der Waals surface area contributed by atoms with Gasteiger partial charge in [0.1, 0.15) is 0 Å². The molecule has 18 heavy (non-hydrogen) atoms. The van der Waals surface area contributed by atoms with Crippen molar-refractivity contribution in [2.24, 2.45) is 0 Å². The average molecular weight is 268 g/mol. The van der Waals surface area contributed by atoms with E-state index >= 15 is 0 Å². The maximum atomic E-state index is 5.74. The number of rotatable bonds is 5. The minimum absolute atomic E-state index is 0.235. The van der Waals surface area contributed by atoms with Crippen molar-refractivity contribution in [2.45, 2.75) is 39.5 Å². The van der Waals surface area contributed by atoms with E-state index in [1.165, 1.54) is 16.7 Å². The molecule has 0 fully saturated rings. The van der Waals surface area contributed by atoms with Gasteiger partial charge in [0.15, 0.2) is 0 Å². The van der Waals surface area contributed by atoms with Crippen LogP contribution in [0.3, 0.4) is 0 Å². The zero-order chi connectivity index (χ0) is 13.8. The molecule has 0 saturated heterocycles. The number of hydrogen-bond acceptors (Lipinski definition) is 1. The predicted octanol–water partition coefficient (Wildman–Crippen LogP) is 4.01. The summed E-state index contributed by atoms with van der Waals surface area (Å²) < 4.78 is 0. The first-order valence-corrected chi connectivity index (χ1v) is 7.22. The second-order valence-corrected chi connectivity index (χ2v) is 6.51. The molecule has 1 rings (SSSR count). The van der Waals surface area contributed by atoms with Crippen molar-refractivity contribution in [3.8, 4) is 0 Å². The van der Waals surface area contributed by atoms with Gasteiger partial charge >= 0.3 is 0 Å². The fourth-order valence-electron chi connectivity index (χ4n) is 2.01. The minimum Gasteiger partial charge on any atom is -0.305 e. The molecule has 0 radical (unpaired) electrons. The smallest absolute Gasteiger partial charge is 0.0351 e. The van der Waals surface area contributed by atoms with Crippen LogP contribution in [0.5, 0.6) is 0 Å². The quantitative estimate of drug-likeness (QED) is 0.729. The van der Waals surface area contributed by atoms with Crippen LogP contribution in [0, 0.1) is 6.92 Å². The zero-order valence-electron chi connectivity index (χ0n) is 12.4. The molecular formula is C16H26ClN. The van der Waals surface area contributed by atoms with Crippen molar-refractivity contribution in [1.82, 2.24) is 4.90 Å². The molecule has 102 valence electrons. The van der Waals surface area contributed by atoms with Crippen molar-refractivity contribution in [3.05, 3.63) is 34.9 Å². The lowest BCUT2D eigenvalue weighted by Gasteiger charge is -2.21. The fraction of sp³-hybridized carbons (Fsp3) is 0.625. The van der Waals surface area contributed by atoms with E-state index in [0.29, 0.717) is 5.88 Å². The van der Waals surface area contributed by atoms with Crippen LogP contribution < -0.4 is 0 Å². The molecule has 0 spiro atoms. The van der Waals surface area contributed by atoms with Gasteiger partial charge in [-0.05, 0) is 42.5 Å². The lowest BCUT2D eigenvalue weighted by atomic mass is 9.85. The molecule has 0 saturated carbocycles. The van der Waals surface area contributed by atoms with Crippen LogP contribution in [0.4, 0.5) is 0 Å². The summed E-state index contributed by atoms with van der Waals surface area (Å²) in [7, 11) is 2.13. The predicted molar refractivity (Wildman–Crippen MR) is 81.8 cm³/mol. The summed E-state index contributed by atoms with van der Waals surface area (Å²) in [4.78, 5) is 2.28. The first-order valence-electron chi connectivity index (χ1n) is 6.69. The number of halogens is 1. The van der Waals surface area contributed by atoms with E-state index in [1.807, 2.05) is 0 Å². The molecule has 1 nitrogen and oxygen atoms in total. The number of hydrogen-bond donors (Lipinski definition) is 0. The Bertz CT molecular complexity index is 379. The molecule has 0 aliphatic heterocycles. The Morgan fingerprint density at radius 2 is 1.83 bits per heavy atom. The standard InChI is InChI=1S/C16H26ClN/c1-13-12-15(16(2,3)4)7-6-14(13)8-10-18(5)11-9-17/h6-7,12H,8-11H2,1-5H3. The molecule has 0 unspecified atom stereocenters. The van der Waals surface area contributed by atoms with Crippen LogP contribution >= 0.6 is 11.6 Å². The van der Waals surface area contributed by atoms with E-state index < -0.39 is 0 Å². The Balaban J connectivity index is 2.69. The number of benzene rings is 1. The monoisotopic (exact) mass is 267 g/mol. The number of nitrogens with zero attached hydrogens (tertiary/aromatic N) is 1. The Labute approximate surface area is 117 Å². The number of aryl methyl sites for hydroxylation is 1. The van der Waals surface area contributed by atoms with Gasteiger partial charge < -0.3 is 4.90 Å². The topological polar surface area (TPSA) is 3.24 Å². The maximum Gasteiger partial charge on any atom is 0.0351 e. The van der Waals surface area contributed by atoms with Gasteiger partial charge in [0.2, 0.25) is 0 Å². The summed E-state index contributed by atoms with van der Waals surface area (Å²) in [6.45, 7) is 11.0. The molecule has 0 aliphatic rings. The Morgan fingerprint density at radius 3 is 2.33 bits per heavy atom. The van der Waals surface area contributed by atoms with Crippen molar-refractivity contribution in [1.29, 1.82) is 0 Å². The highest BCUT2D eigenvalue weighted by Gasteiger charge is 2.14. The van der Waals surface area contributed by atoms with E-state index in [9.17, 15) is 0 Å². The molecule has 0 atom stereocenters. The lowest BCUT2D eigenvalue weighted by molar-refractivity contribution is 0.359. The van der Waals surface area contributed by atoms with E-state index in [-0.39, 0.29) is 5.41 Å². The lowest BCUT2D eigenvalue weighted by Crippen LogP contribution is -2.23. The molecule has 0 bridgehead atoms. The third-order valence-corrected chi connectivity index (χ3v) is 3.61. The highest BCUT2D eigenvalue weighted by atomic mass is 35.5. The van der Waals surface area contributed by atoms with E-state index in [1.54, 1.807) is 0 Å². The van der Waals surface area contributed by atoms with Crippen molar-refractivity contribution >= 4 is 11.6 Å². The van der Waals surface area contributed by atoms with Crippen molar-refractivity contribution < 1.29 is 0 Å². The SMILES string of the molecule is Cc1cc(C(C)(C)C)ccc1CCN(C)CCCl. The summed E-state index contributed by atoms with van der Waals surface area (Å²) in [5.41, 5.74) is 4.50. The molecular weight excluding hydrogens is 242 g/mol. The van der Waals surface area contributed by atoms with Gasteiger partial charge in [-0.25, -0.2) is 0 Å². The summed E-state index contributed by atoms with van der Waals surface area (Å²) in [6, 6.07) is 6.88. The van der Waals surface area contributed by atoms with E-state index in [0.717, 1.165) is 19.5 Å². The van der Waals surface area contributed by atoms with Crippen LogP contribution in [0.15, 0.2) is 18.2 Å². The Hall–Kier alpha value is -0.530. The van der Waals surface area contributed by atoms with Crippen molar-refractivity contribution in [3.63, 3.8) is 0 Å². The van der Waals surface area contributed by atoms with E-state index in [2.05, 4.69) is 57.8 Å². The normalized spacial score (nSPS) is 12.2. The van der Waals surface area contributed by atoms with Gasteiger partial charge in [0.25, 0.3) is 0 Å². The molecule has 0 aliphatic carbocycles. The maximum absolute atomic E-state index is 5.74. The average Bonchev–Trinajstić information content (AvgIpc) is 2.26. The van der Waals surface area contributed by atoms with E-state index in [4.69, 9.17) is 11.6 Å². The van der Waals surface area contributed by atoms with Crippen LogP contribution in [0.1, 0.15) is 37.5 Å². The van der Waals surface area contributed by atoms with Crippen LogP contribution in [0.25, 0.3) is 0 Å². The minimum atomic E-state index is 0.235. The van der Waals surface area contributed by atoms with Crippen LogP contribution in [-0.4, -0.2) is 30.9 Å². The molecule has 1 aromatic rings. The molecule has 1 aromatic carbocycles. The van der Waals surface area contributed by atoms with Crippen LogP contribution in [0.2, 0.25) is 0 Å². The number of alkyl halides is 1. The molecule has 0 aromatic heterocycles. The fourth-order valence-corrected chi connectivity index (χ4v) is 2.30. The molecule has 0 amide bonds. The second kappa shape index (κ2) is 6.58. The van der Waals surface area contributed by atoms with Crippen molar-refractivity contribution in [2.75, 3.05) is 26.0 Å². The highest BCUT2D eigenvalue weighted by Crippen LogP contribution is 2.24. The molecule has 2 heteroatoms. The second-order valence-electron chi connectivity index (χ2n) is 6.13. The molecule has 0 heterocycles. The van der Waals surface area contributed by atoms with Gasteiger partial charge in [-0.15, -0.1) is 11.6 Å². The largest absolute Gasteiger partial charge is 0.305 e. The third kappa shape index (κ3) is 4.62. The third-order valence-electron chi connectivity index (χ3n) is 3.44. The first kappa shape index (κ1) is 15.5. The number of likely N-dealkylation sites (N-methyl/N-ethyl adjacent to an activating group) is 1. The zero-order valence-corrected chi connectivity index (χ0v) is 13.1. The summed E-state index contributed by atoms with van der Waals surface area (Å²) >= 11 is 5.74. The first-order chi connectivity index (χ1) is 8.34. The Morgan fingerprint density at radius 1 is 1.17 bits per heavy atom.